The van der Waals surface area contributed by atoms with Crippen molar-refractivity contribution in [3.63, 3.8) is 0 Å². The highest BCUT2D eigenvalue weighted by atomic mass is 16.7. The van der Waals surface area contributed by atoms with E-state index < -0.39 is 22.7 Å². The number of hydrogen-bond acceptors (Lipinski definition) is 7. The minimum Gasteiger partial charge on any atom is -0.494 e. The molecule has 1 aromatic rings. The highest BCUT2D eigenvalue weighted by Gasteiger charge is 2.93. The summed E-state index contributed by atoms with van der Waals surface area (Å²) in [4.78, 5) is 4.35. The van der Waals surface area contributed by atoms with Gasteiger partial charge in [-0.05, 0) is 38.0 Å². The maximum absolute atomic E-state index is 10.2. The van der Waals surface area contributed by atoms with E-state index in [-0.39, 0.29) is 19.0 Å². The van der Waals surface area contributed by atoms with Gasteiger partial charge in [0.15, 0.2) is 5.41 Å². The molecule has 2 aliphatic rings. The molecule has 30 heavy (non-hydrogen) atoms. The number of nitriles is 2. The first-order valence-corrected chi connectivity index (χ1v) is 10.7. The molecular weight excluding hydrogens is 380 g/mol. The van der Waals surface area contributed by atoms with Crippen LogP contribution in [0.5, 0.6) is 5.75 Å². The van der Waals surface area contributed by atoms with Crippen molar-refractivity contribution in [2.45, 2.75) is 58.3 Å². The fraction of sp³-hybridized carbons (Fsp3) is 0.609. The van der Waals surface area contributed by atoms with Crippen molar-refractivity contribution in [1.82, 2.24) is 0 Å². The van der Waals surface area contributed by atoms with Gasteiger partial charge in [-0.3, -0.25) is 0 Å². The molecule has 0 bridgehead atoms. The van der Waals surface area contributed by atoms with Gasteiger partial charge >= 0.3 is 0 Å². The van der Waals surface area contributed by atoms with Crippen LogP contribution >= 0.6 is 0 Å². The number of benzene rings is 1. The zero-order valence-electron chi connectivity index (χ0n) is 18.0. The van der Waals surface area contributed by atoms with E-state index >= 15 is 0 Å². The lowest BCUT2D eigenvalue weighted by molar-refractivity contribution is -0.255. The van der Waals surface area contributed by atoms with Crippen LogP contribution in [0.2, 0.25) is 0 Å². The van der Waals surface area contributed by atoms with E-state index in [1.807, 2.05) is 24.3 Å². The maximum Gasteiger partial charge on any atom is 0.293 e. The van der Waals surface area contributed by atoms with Crippen LogP contribution in [0.3, 0.4) is 0 Å². The predicted molar refractivity (Wildman–Crippen MR) is 113 cm³/mol. The Morgan fingerprint density at radius 1 is 1.00 bits per heavy atom. The van der Waals surface area contributed by atoms with E-state index in [2.05, 4.69) is 24.1 Å². The van der Waals surface area contributed by atoms with Crippen molar-refractivity contribution < 1.29 is 14.2 Å². The average molecular weight is 411 g/mol. The maximum atomic E-state index is 10.2. The van der Waals surface area contributed by atoms with E-state index in [0.717, 1.165) is 24.2 Å². The molecule has 1 aliphatic heterocycles. The Morgan fingerprint density at radius 3 is 2.20 bits per heavy atom. The van der Waals surface area contributed by atoms with Gasteiger partial charge in [0, 0.05) is 19.1 Å². The van der Waals surface area contributed by atoms with Crippen molar-refractivity contribution in [3.8, 4) is 17.9 Å². The number of ether oxygens (including phenoxy) is 3. The van der Waals surface area contributed by atoms with E-state index in [0.29, 0.717) is 6.61 Å². The summed E-state index contributed by atoms with van der Waals surface area (Å²) in [6, 6.07) is 12.1. The molecule has 1 saturated carbocycles. The van der Waals surface area contributed by atoms with Crippen molar-refractivity contribution in [3.05, 3.63) is 29.8 Å². The van der Waals surface area contributed by atoms with Gasteiger partial charge in [-0.1, -0.05) is 38.3 Å². The normalized spacial score (nSPS) is 28.2. The molecule has 2 N–H and O–H groups in total. The SMILES string of the molecule is CCCCCCOc1ccc(C2C3(C#N)C(N)=NC(OCC)(OCC)C23C#N)cc1. The Kier molecular flexibility index (Phi) is 6.36. The second kappa shape index (κ2) is 8.63. The molecule has 0 saturated heterocycles. The highest BCUT2D eigenvalue weighted by Crippen LogP contribution is 2.82. The number of amidine groups is 1. The third kappa shape index (κ3) is 2.96. The van der Waals surface area contributed by atoms with Crippen LogP contribution in [0.25, 0.3) is 0 Å². The van der Waals surface area contributed by atoms with Crippen molar-refractivity contribution >= 4 is 5.84 Å². The number of fused-ring (bicyclic) bond motifs is 1. The van der Waals surface area contributed by atoms with Gasteiger partial charge in [0.05, 0.1) is 18.7 Å². The van der Waals surface area contributed by atoms with Gasteiger partial charge in [-0.15, -0.1) is 0 Å². The first kappa shape index (κ1) is 22.1. The molecular formula is C23H30N4O3. The Bertz CT molecular complexity index is 864. The van der Waals surface area contributed by atoms with Crippen LogP contribution in [0.1, 0.15) is 57.9 Å². The van der Waals surface area contributed by atoms with Gasteiger partial charge in [0.1, 0.15) is 17.0 Å². The van der Waals surface area contributed by atoms with Gasteiger partial charge < -0.3 is 19.9 Å². The van der Waals surface area contributed by atoms with Gasteiger partial charge in [0.25, 0.3) is 5.91 Å². The van der Waals surface area contributed by atoms with Crippen LogP contribution in [0.4, 0.5) is 0 Å². The zero-order valence-corrected chi connectivity index (χ0v) is 18.0. The third-order valence-corrected chi connectivity index (χ3v) is 6.09. The Morgan fingerprint density at radius 2 is 1.67 bits per heavy atom. The molecule has 1 aliphatic carbocycles. The average Bonchev–Trinajstić information content (AvgIpc) is 3.33. The molecule has 3 atom stereocenters. The lowest BCUT2D eigenvalue weighted by Gasteiger charge is -2.31. The summed E-state index contributed by atoms with van der Waals surface area (Å²) in [5.74, 6) is -1.21. The Labute approximate surface area is 178 Å². The lowest BCUT2D eigenvalue weighted by atomic mass is 9.93. The summed E-state index contributed by atoms with van der Waals surface area (Å²) in [7, 11) is 0. The predicted octanol–water partition coefficient (Wildman–Crippen LogP) is 3.86. The van der Waals surface area contributed by atoms with Gasteiger partial charge in [0.2, 0.25) is 0 Å². The van der Waals surface area contributed by atoms with Crippen LogP contribution in [-0.2, 0) is 9.47 Å². The van der Waals surface area contributed by atoms with E-state index in [1.54, 1.807) is 13.8 Å². The van der Waals surface area contributed by atoms with Crippen LogP contribution < -0.4 is 10.5 Å². The fourth-order valence-corrected chi connectivity index (χ4v) is 4.72. The molecule has 1 heterocycles. The first-order chi connectivity index (χ1) is 14.5. The molecule has 1 aromatic carbocycles. The number of aliphatic imine (C=N–C) groups is 1. The molecule has 0 radical (unpaired) electrons. The molecule has 0 aromatic heterocycles. The summed E-state index contributed by atoms with van der Waals surface area (Å²) in [5.41, 5.74) is 4.44. The minimum absolute atomic E-state index is 0.0923. The zero-order chi connectivity index (χ0) is 21.8. The van der Waals surface area contributed by atoms with Gasteiger partial charge in [-0.25, -0.2) is 4.99 Å². The Hall–Kier alpha value is -2.61. The summed E-state index contributed by atoms with van der Waals surface area (Å²) < 4.78 is 17.5. The largest absolute Gasteiger partial charge is 0.494 e. The second-order valence-electron chi connectivity index (χ2n) is 7.70. The molecule has 3 rings (SSSR count). The standard InChI is InChI=1S/C23H30N4O3/c1-4-7-8-9-14-28-18-12-10-17(11-13-18)19-21(15-24)20(26)27-23(29-5-2,30-6-3)22(19,21)16-25/h10-13,19H,4-9,14H2,1-3H3,(H2,26,27). The topological polar surface area (TPSA) is 114 Å². The van der Waals surface area contributed by atoms with Crippen molar-refractivity contribution in [2.75, 3.05) is 19.8 Å². The quantitative estimate of drug-likeness (QED) is 0.438. The first-order valence-electron chi connectivity index (χ1n) is 10.7. The summed E-state index contributed by atoms with van der Waals surface area (Å²) in [6.07, 6.45) is 4.57. The molecule has 0 spiro atoms. The van der Waals surface area contributed by atoms with Gasteiger partial charge in [-0.2, -0.15) is 10.5 Å². The number of nitrogens with zero attached hydrogens (tertiary/aromatic N) is 3. The smallest absolute Gasteiger partial charge is 0.293 e. The summed E-state index contributed by atoms with van der Waals surface area (Å²) >= 11 is 0. The fourth-order valence-electron chi connectivity index (χ4n) is 4.72. The molecule has 7 nitrogen and oxygen atoms in total. The number of unbranched alkanes of at least 4 members (excludes halogenated alkanes) is 3. The Balaban J connectivity index is 1.87. The number of hydrogen-bond donors (Lipinski definition) is 1. The van der Waals surface area contributed by atoms with E-state index in [9.17, 15) is 10.5 Å². The number of nitrogens with two attached hydrogens (primary N) is 1. The molecule has 3 unspecified atom stereocenters. The molecule has 160 valence electrons. The van der Waals surface area contributed by atoms with Crippen LogP contribution in [0.15, 0.2) is 29.3 Å². The molecule has 0 amide bonds. The molecule has 7 heteroatoms. The summed E-state index contributed by atoms with van der Waals surface area (Å²) in [5, 5.41) is 20.3. The van der Waals surface area contributed by atoms with Crippen LogP contribution in [0, 0.1) is 33.5 Å². The lowest BCUT2D eigenvalue weighted by Crippen LogP contribution is -2.43. The minimum atomic E-state index is -1.58. The van der Waals surface area contributed by atoms with Crippen LogP contribution in [-0.4, -0.2) is 31.6 Å². The van der Waals surface area contributed by atoms with Crippen molar-refractivity contribution in [2.24, 2.45) is 21.6 Å². The third-order valence-electron chi connectivity index (χ3n) is 6.09. The van der Waals surface area contributed by atoms with Crippen molar-refractivity contribution in [1.29, 1.82) is 10.5 Å². The monoisotopic (exact) mass is 410 g/mol. The second-order valence-corrected chi connectivity index (χ2v) is 7.70. The number of rotatable bonds is 11. The molecule has 1 fully saturated rings. The van der Waals surface area contributed by atoms with E-state index in [4.69, 9.17) is 19.9 Å². The summed E-state index contributed by atoms with van der Waals surface area (Å²) in [6.45, 7) is 7.00. The van der Waals surface area contributed by atoms with E-state index in [1.165, 1.54) is 12.8 Å². The highest BCUT2D eigenvalue weighted by molar-refractivity contribution is 6.00.